The van der Waals surface area contributed by atoms with Crippen molar-refractivity contribution in [3.8, 4) is 0 Å². The molecule has 1 aliphatic rings. The zero-order valence-corrected chi connectivity index (χ0v) is 14.3. The summed E-state index contributed by atoms with van der Waals surface area (Å²) >= 11 is 0. The number of hydrogen-bond donors (Lipinski definition) is 1. The minimum atomic E-state index is -0.227. The first kappa shape index (κ1) is 16.4. The molecule has 126 valence electrons. The van der Waals surface area contributed by atoms with E-state index in [1.54, 1.807) is 30.7 Å². The van der Waals surface area contributed by atoms with E-state index >= 15 is 0 Å². The van der Waals surface area contributed by atoms with Crippen molar-refractivity contribution >= 4 is 12.1 Å². The van der Waals surface area contributed by atoms with Crippen LogP contribution in [0, 0.1) is 13.8 Å². The second kappa shape index (κ2) is 7.43. The van der Waals surface area contributed by atoms with Gasteiger partial charge in [0.05, 0.1) is 6.21 Å². The van der Waals surface area contributed by atoms with Gasteiger partial charge in [0.25, 0.3) is 5.91 Å². The molecule has 1 amide bonds. The first-order valence-electron chi connectivity index (χ1n) is 8.58. The molecular weight excluding hydrogens is 300 g/mol. The maximum atomic E-state index is 12.0. The summed E-state index contributed by atoms with van der Waals surface area (Å²) in [6.45, 7) is 4.28. The lowest BCUT2D eigenvalue weighted by molar-refractivity contribution is 0.0955. The Hall–Kier alpha value is -2.43. The first-order valence-corrected chi connectivity index (χ1v) is 8.58. The SMILES string of the molecule is Cc1cc(/C=N\NC(=O)c2ccncc2)c(C)n1C1CCCCC1. The highest BCUT2D eigenvalue weighted by atomic mass is 16.2. The molecule has 1 saturated carbocycles. The highest BCUT2D eigenvalue weighted by molar-refractivity contribution is 5.94. The van der Waals surface area contributed by atoms with Gasteiger partial charge >= 0.3 is 0 Å². The average Bonchev–Trinajstić information content (AvgIpc) is 2.90. The van der Waals surface area contributed by atoms with Crippen LogP contribution in [-0.4, -0.2) is 21.7 Å². The van der Waals surface area contributed by atoms with Gasteiger partial charge in [0.2, 0.25) is 0 Å². The van der Waals surface area contributed by atoms with Gasteiger partial charge in [-0.1, -0.05) is 19.3 Å². The lowest BCUT2D eigenvalue weighted by atomic mass is 9.95. The molecule has 0 unspecified atom stereocenters. The van der Waals surface area contributed by atoms with Gasteiger partial charge in [0, 0.05) is 41.0 Å². The fraction of sp³-hybridized carbons (Fsp3) is 0.421. The fourth-order valence-electron chi connectivity index (χ4n) is 3.56. The highest BCUT2D eigenvalue weighted by Gasteiger charge is 2.19. The van der Waals surface area contributed by atoms with Gasteiger partial charge in [-0.3, -0.25) is 9.78 Å². The maximum Gasteiger partial charge on any atom is 0.271 e. The van der Waals surface area contributed by atoms with E-state index in [1.807, 2.05) is 0 Å². The number of rotatable bonds is 4. The van der Waals surface area contributed by atoms with Gasteiger partial charge in [-0.2, -0.15) is 5.10 Å². The minimum absolute atomic E-state index is 0.227. The minimum Gasteiger partial charge on any atom is -0.345 e. The van der Waals surface area contributed by atoms with Crippen molar-refractivity contribution in [3.63, 3.8) is 0 Å². The Balaban J connectivity index is 1.70. The molecule has 24 heavy (non-hydrogen) atoms. The second-order valence-electron chi connectivity index (χ2n) is 6.42. The largest absolute Gasteiger partial charge is 0.345 e. The summed E-state index contributed by atoms with van der Waals surface area (Å²) in [7, 11) is 0. The van der Waals surface area contributed by atoms with Gasteiger partial charge in [-0.15, -0.1) is 0 Å². The third-order valence-corrected chi connectivity index (χ3v) is 4.78. The predicted molar refractivity (Wildman–Crippen MR) is 95.3 cm³/mol. The lowest BCUT2D eigenvalue weighted by Gasteiger charge is -2.26. The highest BCUT2D eigenvalue weighted by Crippen LogP contribution is 2.31. The summed E-state index contributed by atoms with van der Waals surface area (Å²) in [5.74, 6) is -0.227. The van der Waals surface area contributed by atoms with Crippen molar-refractivity contribution in [1.82, 2.24) is 15.0 Å². The predicted octanol–water partition coefficient (Wildman–Crippen LogP) is 3.77. The molecule has 0 saturated heterocycles. The molecular formula is C19H24N4O. The Morgan fingerprint density at radius 3 is 2.67 bits per heavy atom. The normalized spacial score (nSPS) is 15.8. The third kappa shape index (κ3) is 3.55. The molecule has 5 nitrogen and oxygen atoms in total. The van der Waals surface area contributed by atoms with Gasteiger partial charge < -0.3 is 4.57 Å². The molecule has 1 aliphatic carbocycles. The summed E-state index contributed by atoms with van der Waals surface area (Å²) in [6, 6.07) is 6.08. The Morgan fingerprint density at radius 2 is 1.96 bits per heavy atom. The maximum absolute atomic E-state index is 12.0. The number of nitrogens with zero attached hydrogens (tertiary/aromatic N) is 3. The summed E-state index contributed by atoms with van der Waals surface area (Å²) in [5.41, 5.74) is 6.68. The van der Waals surface area contributed by atoms with Gasteiger partial charge in [-0.05, 0) is 44.9 Å². The van der Waals surface area contributed by atoms with Crippen LogP contribution in [0.3, 0.4) is 0 Å². The van der Waals surface area contributed by atoms with Crippen LogP contribution >= 0.6 is 0 Å². The molecule has 3 rings (SSSR count). The molecule has 0 aromatic carbocycles. The van der Waals surface area contributed by atoms with E-state index in [9.17, 15) is 4.79 Å². The molecule has 2 aromatic heterocycles. The Morgan fingerprint density at radius 1 is 1.25 bits per heavy atom. The second-order valence-corrected chi connectivity index (χ2v) is 6.42. The average molecular weight is 324 g/mol. The van der Waals surface area contributed by atoms with Crippen molar-refractivity contribution in [3.05, 3.63) is 53.1 Å². The summed E-state index contributed by atoms with van der Waals surface area (Å²) in [6.07, 6.45) is 11.4. The lowest BCUT2D eigenvalue weighted by Crippen LogP contribution is -2.17. The molecule has 1 fully saturated rings. The zero-order chi connectivity index (χ0) is 16.9. The molecule has 0 atom stereocenters. The van der Waals surface area contributed by atoms with Crippen molar-refractivity contribution in [1.29, 1.82) is 0 Å². The molecule has 2 aromatic rings. The van der Waals surface area contributed by atoms with Crippen molar-refractivity contribution < 1.29 is 4.79 Å². The number of amides is 1. The summed E-state index contributed by atoms with van der Waals surface area (Å²) in [5, 5.41) is 4.12. The number of hydrogen-bond acceptors (Lipinski definition) is 3. The Kier molecular flexibility index (Phi) is 5.08. The number of nitrogens with one attached hydrogen (secondary N) is 1. The van der Waals surface area contributed by atoms with Crippen LogP contribution in [0.25, 0.3) is 0 Å². The number of carbonyl (C=O) groups excluding carboxylic acids is 1. The monoisotopic (exact) mass is 324 g/mol. The van der Waals surface area contributed by atoms with Crippen LogP contribution < -0.4 is 5.43 Å². The summed E-state index contributed by atoms with van der Waals surface area (Å²) in [4.78, 5) is 15.9. The van der Waals surface area contributed by atoms with Crippen molar-refractivity contribution in [2.75, 3.05) is 0 Å². The standard InChI is InChI=1S/C19H24N4O/c1-14-12-17(15(2)23(14)18-6-4-3-5-7-18)13-21-22-19(24)16-8-10-20-11-9-16/h8-13,18H,3-7H2,1-2H3,(H,22,24)/b21-13-. The number of pyridine rings is 1. The van der Waals surface area contributed by atoms with E-state index in [4.69, 9.17) is 0 Å². The van der Waals surface area contributed by atoms with Gasteiger partial charge in [-0.25, -0.2) is 5.43 Å². The topological polar surface area (TPSA) is 59.3 Å². The van der Waals surface area contributed by atoms with E-state index in [0.717, 1.165) is 5.56 Å². The van der Waals surface area contributed by atoms with Crippen LogP contribution in [0.5, 0.6) is 0 Å². The van der Waals surface area contributed by atoms with Gasteiger partial charge in [0.1, 0.15) is 0 Å². The molecule has 0 bridgehead atoms. The van der Waals surface area contributed by atoms with Crippen LogP contribution in [0.4, 0.5) is 0 Å². The quantitative estimate of drug-likeness (QED) is 0.687. The number of aromatic nitrogens is 2. The number of aryl methyl sites for hydroxylation is 1. The van der Waals surface area contributed by atoms with Crippen LogP contribution in [-0.2, 0) is 0 Å². The summed E-state index contributed by atoms with van der Waals surface area (Å²) < 4.78 is 2.44. The number of hydrazone groups is 1. The molecule has 5 heteroatoms. The number of carbonyl (C=O) groups is 1. The first-order chi connectivity index (χ1) is 11.7. The zero-order valence-electron chi connectivity index (χ0n) is 14.3. The molecule has 0 radical (unpaired) electrons. The van der Waals surface area contributed by atoms with E-state index in [1.165, 1.54) is 43.5 Å². The van der Waals surface area contributed by atoms with Crippen molar-refractivity contribution in [2.24, 2.45) is 5.10 Å². The molecule has 1 N–H and O–H groups in total. The van der Waals surface area contributed by atoms with Crippen molar-refractivity contribution in [2.45, 2.75) is 52.0 Å². The van der Waals surface area contributed by atoms with E-state index in [2.05, 4.69) is 40.0 Å². The molecule has 0 spiro atoms. The van der Waals surface area contributed by atoms with E-state index in [-0.39, 0.29) is 5.91 Å². The fourth-order valence-corrected chi connectivity index (χ4v) is 3.56. The van der Waals surface area contributed by atoms with Crippen LogP contribution in [0.15, 0.2) is 35.7 Å². The van der Waals surface area contributed by atoms with Crippen LogP contribution in [0.1, 0.15) is 65.5 Å². The van der Waals surface area contributed by atoms with E-state index < -0.39 is 0 Å². The molecule has 0 aliphatic heterocycles. The third-order valence-electron chi connectivity index (χ3n) is 4.78. The van der Waals surface area contributed by atoms with Crippen LogP contribution in [0.2, 0.25) is 0 Å². The Bertz CT molecular complexity index is 727. The van der Waals surface area contributed by atoms with Gasteiger partial charge in [0.15, 0.2) is 0 Å². The smallest absolute Gasteiger partial charge is 0.271 e. The molecule has 2 heterocycles. The Labute approximate surface area is 142 Å². The van der Waals surface area contributed by atoms with E-state index in [0.29, 0.717) is 11.6 Å².